The highest BCUT2D eigenvalue weighted by atomic mass is 16.2. The first-order valence-corrected chi connectivity index (χ1v) is 7.78. The molecule has 0 spiro atoms. The van der Waals surface area contributed by atoms with Crippen LogP contribution in [0.1, 0.15) is 44.3 Å². The van der Waals surface area contributed by atoms with Gasteiger partial charge in [0.15, 0.2) is 0 Å². The molecule has 2 unspecified atom stereocenters. The number of aromatic nitrogens is 1. The van der Waals surface area contributed by atoms with E-state index in [-0.39, 0.29) is 18.0 Å². The Bertz CT molecular complexity index is 599. The van der Waals surface area contributed by atoms with Crippen molar-refractivity contribution in [3.63, 3.8) is 0 Å². The summed E-state index contributed by atoms with van der Waals surface area (Å²) in [6.45, 7) is 2.73. The van der Waals surface area contributed by atoms with E-state index < -0.39 is 0 Å². The lowest BCUT2D eigenvalue weighted by Crippen LogP contribution is -2.40. The molecule has 0 saturated carbocycles. The molecule has 0 aliphatic carbocycles. The topological polar surface area (TPSA) is 62.1 Å². The van der Waals surface area contributed by atoms with E-state index in [4.69, 9.17) is 5.73 Å². The maximum atomic E-state index is 12.4. The Balaban J connectivity index is 1.88. The average molecular weight is 285 g/mol. The molecule has 1 aromatic carbocycles. The van der Waals surface area contributed by atoms with Gasteiger partial charge in [0.05, 0.1) is 6.04 Å². The van der Waals surface area contributed by atoms with Crippen LogP contribution in [0.3, 0.4) is 0 Å². The van der Waals surface area contributed by atoms with Crippen LogP contribution < -0.4 is 5.73 Å². The number of carbonyl (C=O) groups excluding carboxylic acids is 1. The van der Waals surface area contributed by atoms with E-state index in [0.717, 1.165) is 30.6 Å². The van der Waals surface area contributed by atoms with E-state index in [1.54, 1.807) is 0 Å². The van der Waals surface area contributed by atoms with Gasteiger partial charge in [-0.2, -0.15) is 0 Å². The van der Waals surface area contributed by atoms with Gasteiger partial charge in [0.25, 0.3) is 0 Å². The smallest absolute Gasteiger partial charge is 0.224 e. The summed E-state index contributed by atoms with van der Waals surface area (Å²) in [7, 11) is 0. The molecule has 1 amide bonds. The number of hydrogen-bond acceptors (Lipinski definition) is 2. The minimum atomic E-state index is -0.0807. The number of nitrogens with two attached hydrogens (primary N) is 1. The van der Waals surface area contributed by atoms with Crippen molar-refractivity contribution in [1.29, 1.82) is 0 Å². The van der Waals surface area contributed by atoms with Crippen LogP contribution >= 0.6 is 0 Å². The molecule has 112 valence electrons. The van der Waals surface area contributed by atoms with Gasteiger partial charge in [-0.3, -0.25) is 4.79 Å². The summed E-state index contributed by atoms with van der Waals surface area (Å²) in [6, 6.07) is 10.5. The predicted molar refractivity (Wildman–Crippen MR) is 84.9 cm³/mol. The molecule has 2 heterocycles. The number of H-pyrrole nitrogens is 1. The zero-order valence-electron chi connectivity index (χ0n) is 12.5. The van der Waals surface area contributed by atoms with Gasteiger partial charge in [-0.05, 0) is 43.7 Å². The normalized spacial score (nSPS) is 20.7. The minimum Gasteiger partial charge on any atom is -0.357 e. The first kappa shape index (κ1) is 14.1. The number of nitrogens with one attached hydrogen (secondary N) is 1. The van der Waals surface area contributed by atoms with Crippen molar-refractivity contribution in [2.24, 2.45) is 5.73 Å². The predicted octanol–water partition coefficient (Wildman–Crippen LogP) is 2.96. The molecule has 1 aromatic heterocycles. The highest BCUT2D eigenvalue weighted by molar-refractivity contribution is 5.81. The zero-order valence-corrected chi connectivity index (χ0v) is 12.5. The number of amides is 1. The molecule has 21 heavy (non-hydrogen) atoms. The summed E-state index contributed by atoms with van der Waals surface area (Å²) in [5.41, 5.74) is 8.07. The van der Waals surface area contributed by atoms with Crippen LogP contribution in [0.4, 0.5) is 0 Å². The van der Waals surface area contributed by atoms with Gasteiger partial charge in [0, 0.05) is 30.2 Å². The van der Waals surface area contributed by atoms with Crippen molar-refractivity contribution in [3.8, 4) is 0 Å². The summed E-state index contributed by atoms with van der Waals surface area (Å²) < 4.78 is 0. The lowest BCUT2D eigenvalue weighted by molar-refractivity contribution is -0.135. The van der Waals surface area contributed by atoms with Crippen molar-refractivity contribution < 1.29 is 4.79 Å². The lowest BCUT2D eigenvalue weighted by Gasteiger charge is -2.35. The molecule has 1 fully saturated rings. The van der Waals surface area contributed by atoms with E-state index in [0.29, 0.717) is 6.42 Å². The number of likely N-dealkylation sites (tertiary alicyclic amines) is 1. The van der Waals surface area contributed by atoms with Crippen molar-refractivity contribution in [3.05, 3.63) is 36.0 Å². The third-order valence-corrected chi connectivity index (χ3v) is 4.23. The molecule has 1 aliphatic heterocycles. The van der Waals surface area contributed by atoms with Crippen LogP contribution in [0.5, 0.6) is 0 Å². The van der Waals surface area contributed by atoms with Gasteiger partial charge in [-0.25, -0.2) is 0 Å². The van der Waals surface area contributed by atoms with Gasteiger partial charge >= 0.3 is 0 Å². The van der Waals surface area contributed by atoms with E-state index >= 15 is 0 Å². The number of fused-ring (bicyclic) bond motifs is 1. The molecule has 1 aliphatic rings. The molecule has 0 radical (unpaired) electrons. The Hall–Kier alpha value is -1.81. The molecule has 3 N–H and O–H groups in total. The fourth-order valence-electron chi connectivity index (χ4n) is 3.22. The van der Waals surface area contributed by atoms with E-state index in [2.05, 4.69) is 23.2 Å². The van der Waals surface area contributed by atoms with E-state index in [1.807, 2.05) is 24.0 Å². The number of piperidine rings is 1. The first-order chi connectivity index (χ1) is 10.1. The fourth-order valence-corrected chi connectivity index (χ4v) is 3.22. The molecule has 2 atom stereocenters. The highest BCUT2D eigenvalue weighted by Gasteiger charge is 2.29. The second-order valence-electron chi connectivity index (χ2n) is 6.09. The number of para-hydroxylation sites is 1. The second kappa shape index (κ2) is 5.90. The fraction of sp³-hybridized carbons (Fsp3) is 0.471. The summed E-state index contributed by atoms with van der Waals surface area (Å²) >= 11 is 0. The first-order valence-electron chi connectivity index (χ1n) is 7.78. The molecule has 4 heteroatoms. The van der Waals surface area contributed by atoms with Crippen LogP contribution in [-0.2, 0) is 4.79 Å². The zero-order chi connectivity index (χ0) is 14.8. The summed E-state index contributed by atoms with van der Waals surface area (Å²) in [4.78, 5) is 17.9. The highest BCUT2D eigenvalue weighted by Crippen LogP contribution is 2.32. The van der Waals surface area contributed by atoms with Gasteiger partial charge in [0.1, 0.15) is 0 Å². The second-order valence-corrected chi connectivity index (χ2v) is 6.09. The Morgan fingerprint density at radius 3 is 3.00 bits per heavy atom. The largest absolute Gasteiger partial charge is 0.357 e. The van der Waals surface area contributed by atoms with Gasteiger partial charge < -0.3 is 15.6 Å². The number of hydrogen-bond donors (Lipinski definition) is 2. The maximum absolute atomic E-state index is 12.4. The monoisotopic (exact) mass is 285 g/mol. The van der Waals surface area contributed by atoms with Crippen molar-refractivity contribution >= 4 is 16.8 Å². The van der Waals surface area contributed by atoms with Crippen LogP contribution in [0.25, 0.3) is 10.9 Å². The molecule has 2 aromatic rings. The third-order valence-electron chi connectivity index (χ3n) is 4.23. The summed E-state index contributed by atoms with van der Waals surface area (Å²) in [5.74, 6) is 0.174. The average Bonchev–Trinajstić information content (AvgIpc) is 2.90. The maximum Gasteiger partial charge on any atom is 0.224 e. The molecular weight excluding hydrogens is 262 g/mol. The molecule has 4 nitrogen and oxygen atoms in total. The van der Waals surface area contributed by atoms with Gasteiger partial charge in [-0.1, -0.05) is 18.2 Å². The molecule has 3 rings (SSSR count). The van der Waals surface area contributed by atoms with E-state index in [1.165, 1.54) is 11.8 Å². The quantitative estimate of drug-likeness (QED) is 0.910. The van der Waals surface area contributed by atoms with Crippen LogP contribution in [-0.4, -0.2) is 28.4 Å². The number of benzene rings is 1. The number of rotatable bonds is 3. The van der Waals surface area contributed by atoms with Gasteiger partial charge in [0.2, 0.25) is 5.91 Å². The van der Waals surface area contributed by atoms with Gasteiger partial charge in [-0.15, -0.1) is 0 Å². The molecular formula is C17H23N3O. The number of nitrogens with zero attached hydrogens (tertiary/aromatic N) is 1. The van der Waals surface area contributed by atoms with Crippen molar-refractivity contribution in [2.45, 2.75) is 44.7 Å². The molecule has 0 bridgehead atoms. The Morgan fingerprint density at radius 1 is 1.43 bits per heavy atom. The van der Waals surface area contributed by atoms with Crippen molar-refractivity contribution in [1.82, 2.24) is 9.88 Å². The van der Waals surface area contributed by atoms with Crippen LogP contribution in [0.2, 0.25) is 0 Å². The Kier molecular flexibility index (Phi) is 3.97. The Morgan fingerprint density at radius 2 is 2.24 bits per heavy atom. The minimum absolute atomic E-state index is 0.0807. The molecule has 1 saturated heterocycles. The summed E-state index contributed by atoms with van der Waals surface area (Å²) in [6.07, 6.45) is 3.71. The number of aromatic amines is 1. The van der Waals surface area contributed by atoms with Crippen LogP contribution in [0, 0.1) is 0 Å². The van der Waals surface area contributed by atoms with Crippen molar-refractivity contribution in [2.75, 3.05) is 6.54 Å². The SMILES string of the molecule is CC(N)CC(=O)N1CCCCC1c1cc2ccccc2[nH]1. The Labute approximate surface area is 125 Å². The summed E-state index contributed by atoms with van der Waals surface area (Å²) in [5, 5.41) is 1.21. The van der Waals surface area contributed by atoms with E-state index in [9.17, 15) is 4.79 Å². The lowest BCUT2D eigenvalue weighted by atomic mass is 9.98. The third kappa shape index (κ3) is 2.95. The number of carbonyl (C=O) groups is 1. The standard InChI is InChI=1S/C17H23N3O/c1-12(18)10-17(21)20-9-5-4-8-16(20)15-11-13-6-2-3-7-14(13)19-15/h2-3,6-7,11-12,16,19H,4-5,8-10,18H2,1H3. The van der Waals surface area contributed by atoms with Crippen LogP contribution in [0.15, 0.2) is 30.3 Å².